The Morgan fingerprint density at radius 2 is 1.83 bits per heavy atom. The maximum Gasteiger partial charge on any atom is 0.233 e. The zero-order valence-corrected chi connectivity index (χ0v) is 13.9. The van der Waals surface area contributed by atoms with Crippen LogP contribution in [0.15, 0.2) is 65.7 Å². The molecule has 118 valence electrons. The number of aliphatic imine (C=N–C) groups is 1. The lowest BCUT2D eigenvalue weighted by Crippen LogP contribution is -2.32. The molecule has 3 nitrogen and oxygen atoms in total. The number of nitrogens with one attached hydrogen (secondary N) is 1. The predicted molar refractivity (Wildman–Crippen MR) is 96.7 cm³/mol. The van der Waals surface area contributed by atoms with Crippen LogP contribution in [0.3, 0.4) is 0 Å². The number of amides is 1. The molecule has 1 amide bonds. The van der Waals surface area contributed by atoms with Crippen molar-refractivity contribution >= 4 is 22.8 Å². The van der Waals surface area contributed by atoms with Crippen LogP contribution in [0.25, 0.3) is 0 Å². The first-order valence-electron chi connectivity index (χ1n) is 7.89. The van der Waals surface area contributed by atoms with Gasteiger partial charge < -0.3 is 5.32 Å². The Bertz CT molecular complexity index is 685. The number of thioether (sulfide) groups is 1. The van der Waals surface area contributed by atoms with Crippen molar-refractivity contribution in [2.75, 3.05) is 5.75 Å². The van der Waals surface area contributed by atoms with E-state index in [1.807, 2.05) is 55.5 Å². The zero-order valence-electron chi connectivity index (χ0n) is 13.1. The molecule has 3 rings (SSSR count). The van der Waals surface area contributed by atoms with Gasteiger partial charge in [-0.3, -0.25) is 9.79 Å². The first kappa shape index (κ1) is 15.8. The maximum absolute atomic E-state index is 12.6. The van der Waals surface area contributed by atoms with Crippen LogP contribution in [0.4, 0.5) is 0 Å². The first-order valence-corrected chi connectivity index (χ1v) is 8.88. The molecule has 0 radical (unpaired) electrons. The molecule has 1 N–H and O–H groups in total. The zero-order chi connectivity index (χ0) is 16.1. The summed E-state index contributed by atoms with van der Waals surface area (Å²) in [6, 6.07) is 20.3. The van der Waals surface area contributed by atoms with Crippen LogP contribution >= 0.6 is 11.8 Å². The van der Waals surface area contributed by atoms with Gasteiger partial charge in [-0.05, 0) is 17.5 Å². The highest BCUT2D eigenvalue weighted by Gasteiger charge is 2.24. The number of carbonyl (C=O) groups is 1. The molecule has 0 saturated carbocycles. The summed E-state index contributed by atoms with van der Waals surface area (Å²) in [5.41, 5.74) is 2.25. The van der Waals surface area contributed by atoms with E-state index in [1.54, 1.807) is 11.8 Å². The highest BCUT2D eigenvalue weighted by atomic mass is 32.2. The average Bonchev–Trinajstić information content (AvgIpc) is 3.06. The summed E-state index contributed by atoms with van der Waals surface area (Å²) in [6.07, 6.45) is 0.774. The molecule has 0 fully saturated rings. The van der Waals surface area contributed by atoms with Gasteiger partial charge in [0.2, 0.25) is 5.91 Å². The fraction of sp³-hybridized carbons (Fsp3) is 0.263. The molecule has 0 saturated heterocycles. The maximum atomic E-state index is 12.6. The smallest absolute Gasteiger partial charge is 0.233 e. The molecule has 0 aliphatic carbocycles. The lowest BCUT2D eigenvalue weighted by atomic mass is 9.96. The number of carbonyl (C=O) groups excluding carboxylic acids is 1. The molecular formula is C19H20N2OS. The highest BCUT2D eigenvalue weighted by molar-refractivity contribution is 8.14. The molecule has 1 aliphatic heterocycles. The van der Waals surface area contributed by atoms with Gasteiger partial charge in [0.1, 0.15) is 0 Å². The van der Waals surface area contributed by atoms with Crippen molar-refractivity contribution in [1.82, 2.24) is 5.32 Å². The van der Waals surface area contributed by atoms with Crippen LogP contribution in [0.5, 0.6) is 0 Å². The summed E-state index contributed by atoms with van der Waals surface area (Å²) in [7, 11) is 0. The molecule has 2 aromatic rings. The Morgan fingerprint density at radius 3 is 2.48 bits per heavy atom. The molecule has 2 atom stereocenters. The SMILES string of the molecule is CCC(C(=O)NC1=NC(c2ccccc2)CS1)c1ccccc1. The van der Waals surface area contributed by atoms with Crippen LogP contribution in [0, 0.1) is 0 Å². The van der Waals surface area contributed by atoms with Gasteiger partial charge in [-0.15, -0.1) is 0 Å². The van der Waals surface area contributed by atoms with Crippen molar-refractivity contribution in [2.24, 2.45) is 4.99 Å². The molecular weight excluding hydrogens is 304 g/mol. The molecule has 0 aromatic heterocycles. The van der Waals surface area contributed by atoms with E-state index in [2.05, 4.69) is 22.4 Å². The van der Waals surface area contributed by atoms with Crippen molar-refractivity contribution in [3.63, 3.8) is 0 Å². The van der Waals surface area contributed by atoms with Crippen LogP contribution < -0.4 is 5.32 Å². The Kier molecular flexibility index (Phi) is 5.13. The number of hydrogen-bond acceptors (Lipinski definition) is 3. The summed E-state index contributed by atoms with van der Waals surface area (Å²) < 4.78 is 0. The topological polar surface area (TPSA) is 41.5 Å². The fourth-order valence-electron chi connectivity index (χ4n) is 2.74. The fourth-order valence-corrected chi connectivity index (χ4v) is 3.70. The van der Waals surface area contributed by atoms with E-state index >= 15 is 0 Å². The summed E-state index contributed by atoms with van der Waals surface area (Å²) in [4.78, 5) is 17.2. The molecule has 2 unspecified atom stereocenters. The summed E-state index contributed by atoms with van der Waals surface area (Å²) in [5.74, 6) is 0.774. The standard InChI is InChI=1S/C19H20N2OS/c1-2-16(14-9-5-3-6-10-14)18(22)21-19-20-17(13-23-19)15-11-7-4-8-12-15/h3-12,16-17H,2,13H2,1H3,(H,20,21,22). The van der Waals surface area contributed by atoms with Gasteiger partial charge >= 0.3 is 0 Å². The van der Waals surface area contributed by atoms with Crippen molar-refractivity contribution in [2.45, 2.75) is 25.3 Å². The van der Waals surface area contributed by atoms with E-state index in [4.69, 9.17) is 0 Å². The second-order valence-corrected chi connectivity index (χ2v) is 6.54. The number of amidine groups is 1. The van der Waals surface area contributed by atoms with E-state index < -0.39 is 0 Å². The Hall–Kier alpha value is -2.07. The van der Waals surface area contributed by atoms with Gasteiger partial charge in [0, 0.05) is 5.75 Å². The van der Waals surface area contributed by atoms with Gasteiger partial charge in [0.05, 0.1) is 12.0 Å². The summed E-state index contributed by atoms with van der Waals surface area (Å²) >= 11 is 1.61. The van der Waals surface area contributed by atoms with Crippen molar-refractivity contribution in [1.29, 1.82) is 0 Å². The Labute approximate surface area is 141 Å². The number of nitrogens with zero attached hydrogens (tertiary/aromatic N) is 1. The second-order valence-electron chi connectivity index (χ2n) is 5.53. The van der Waals surface area contributed by atoms with Crippen LogP contribution in [0.2, 0.25) is 0 Å². The monoisotopic (exact) mass is 324 g/mol. The number of benzene rings is 2. The van der Waals surface area contributed by atoms with E-state index in [9.17, 15) is 4.79 Å². The highest BCUT2D eigenvalue weighted by Crippen LogP contribution is 2.30. The quantitative estimate of drug-likeness (QED) is 0.918. The summed E-state index contributed by atoms with van der Waals surface area (Å²) in [6.45, 7) is 2.04. The predicted octanol–water partition coefficient (Wildman–Crippen LogP) is 4.14. The lowest BCUT2D eigenvalue weighted by Gasteiger charge is -2.14. The second kappa shape index (κ2) is 7.47. The van der Waals surface area contributed by atoms with Gasteiger partial charge in [0.25, 0.3) is 0 Å². The minimum absolute atomic E-state index is 0.0265. The first-order chi connectivity index (χ1) is 11.3. The van der Waals surface area contributed by atoms with Crippen molar-refractivity contribution in [3.8, 4) is 0 Å². The van der Waals surface area contributed by atoms with Crippen LogP contribution in [-0.2, 0) is 4.79 Å². The third-order valence-electron chi connectivity index (χ3n) is 3.99. The van der Waals surface area contributed by atoms with E-state index in [-0.39, 0.29) is 17.9 Å². The third kappa shape index (κ3) is 3.82. The Morgan fingerprint density at radius 1 is 1.17 bits per heavy atom. The largest absolute Gasteiger partial charge is 0.305 e. The van der Waals surface area contributed by atoms with E-state index in [0.717, 1.165) is 22.9 Å². The molecule has 1 aliphatic rings. The molecule has 1 heterocycles. The Balaban J connectivity index is 1.68. The summed E-state index contributed by atoms with van der Waals surface area (Å²) in [5, 5.41) is 3.74. The van der Waals surface area contributed by atoms with Gasteiger partial charge in [-0.2, -0.15) is 0 Å². The molecule has 0 bridgehead atoms. The lowest BCUT2D eigenvalue weighted by molar-refractivity contribution is -0.121. The number of hydrogen-bond donors (Lipinski definition) is 1. The minimum atomic E-state index is -0.129. The van der Waals surface area contributed by atoms with Crippen molar-refractivity contribution < 1.29 is 4.79 Å². The van der Waals surface area contributed by atoms with Crippen LogP contribution in [0.1, 0.15) is 36.4 Å². The van der Waals surface area contributed by atoms with Gasteiger partial charge in [-0.25, -0.2) is 0 Å². The number of rotatable bonds is 4. The average molecular weight is 324 g/mol. The molecule has 4 heteroatoms. The van der Waals surface area contributed by atoms with Gasteiger partial charge in [-0.1, -0.05) is 79.3 Å². The van der Waals surface area contributed by atoms with E-state index in [1.165, 1.54) is 5.56 Å². The molecule has 23 heavy (non-hydrogen) atoms. The molecule has 2 aromatic carbocycles. The van der Waals surface area contributed by atoms with Crippen molar-refractivity contribution in [3.05, 3.63) is 71.8 Å². The van der Waals surface area contributed by atoms with Gasteiger partial charge in [0.15, 0.2) is 5.17 Å². The van der Waals surface area contributed by atoms with E-state index in [0.29, 0.717) is 0 Å². The normalized spacial score (nSPS) is 18.3. The third-order valence-corrected chi connectivity index (χ3v) is 4.96. The minimum Gasteiger partial charge on any atom is -0.305 e. The molecule has 0 spiro atoms. The van der Waals surface area contributed by atoms with Crippen LogP contribution in [-0.4, -0.2) is 16.8 Å².